The number of carbonyl (C=O) groups excluding carboxylic acids is 1. The standard InChI is InChI=1S/C18H15Br2N3O4/c1-2-27-18(26)11-15(24)13-14(23(21)17(11)25)12(19)10(16(20)22-13)8-9-6-4-3-5-7-9/h3-7,24H,2,8,21H2,1H3. The Morgan fingerprint density at radius 3 is 2.59 bits per heavy atom. The SMILES string of the molecule is CCOC(=O)c1c(O)c2nc(Br)c(Cc3ccccc3)c(Br)c2n(N)c1=O. The second-order valence-corrected chi connectivity index (χ2v) is 7.22. The summed E-state index contributed by atoms with van der Waals surface area (Å²) in [6.45, 7) is 1.65. The molecule has 0 saturated heterocycles. The topological polar surface area (TPSA) is 107 Å². The zero-order valence-corrected chi connectivity index (χ0v) is 17.4. The molecule has 3 rings (SSSR count). The monoisotopic (exact) mass is 495 g/mol. The number of halogens is 2. The Bertz CT molecular complexity index is 1100. The first-order chi connectivity index (χ1) is 12.9. The van der Waals surface area contributed by atoms with E-state index >= 15 is 0 Å². The Hall–Kier alpha value is -2.39. The van der Waals surface area contributed by atoms with Crippen LogP contribution in [0.25, 0.3) is 11.0 Å². The first-order valence-corrected chi connectivity index (χ1v) is 9.57. The number of ether oxygens (including phenoxy) is 1. The zero-order chi connectivity index (χ0) is 19.7. The van der Waals surface area contributed by atoms with Crippen LogP contribution in [-0.2, 0) is 11.2 Å². The smallest absolute Gasteiger partial charge is 0.347 e. The molecule has 0 aliphatic heterocycles. The molecule has 0 atom stereocenters. The molecule has 2 heterocycles. The van der Waals surface area contributed by atoms with Crippen molar-refractivity contribution in [1.29, 1.82) is 0 Å². The molecule has 2 aromatic heterocycles. The zero-order valence-electron chi connectivity index (χ0n) is 14.2. The van der Waals surface area contributed by atoms with Crippen molar-refractivity contribution in [2.24, 2.45) is 0 Å². The van der Waals surface area contributed by atoms with Crippen LogP contribution in [0, 0.1) is 0 Å². The number of fused-ring (bicyclic) bond motifs is 1. The Kier molecular flexibility index (Phi) is 5.52. The molecule has 27 heavy (non-hydrogen) atoms. The largest absolute Gasteiger partial charge is 0.505 e. The van der Waals surface area contributed by atoms with Crippen LogP contribution in [0.2, 0.25) is 0 Å². The van der Waals surface area contributed by atoms with Gasteiger partial charge in [0.15, 0.2) is 11.3 Å². The number of nitrogens with zero attached hydrogens (tertiary/aromatic N) is 2. The van der Waals surface area contributed by atoms with Gasteiger partial charge in [0.2, 0.25) is 0 Å². The molecular weight excluding hydrogens is 482 g/mol. The van der Waals surface area contributed by atoms with Crippen LogP contribution in [0.5, 0.6) is 5.75 Å². The lowest BCUT2D eigenvalue weighted by molar-refractivity contribution is 0.0520. The highest BCUT2D eigenvalue weighted by molar-refractivity contribution is 9.11. The minimum atomic E-state index is -0.955. The molecule has 9 heteroatoms. The molecule has 0 amide bonds. The number of nitrogens with two attached hydrogens (primary N) is 1. The summed E-state index contributed by atoms with van der Waals surface area (Å²) in [7, 11) is 0. The second kappa shape index (κ2) is 7.69. The molecule has 0 spiro atoms. The quantitative estimate of drug-likeness (QED) is 0.326. The predicted molar refractivity (Wildman–Crippen MR) is 108 cm³/mol. The number of esters is 1. The van der Waals surface area contributed by atoms with Crippen LogP contribution in [0.1, 0.15) is 28.4 Å². The maximum atomic E-state index is 12.5. The molecule has 140 valence electrons. The molecule has 3 N–H and O–H groups in total. The Morgan fingerprint density at radius 2 is 1.96 bits per heavy atom. The van der Waals surface area contributed by atoms with Crippen molar-refractivity contribution in [3.63, 3.8) is 0 Å². The molecule has 0 saturated carbocycles. The van der Waals surface area contributed by atoms with E-state index in [1.807, 2.05) is 30.3 Å². The van der Waals surface area contributed by atoms with E-state index in [2.05, 4.69) is 36.8 Å². The first kappa shape index (κ1) is 19.4. The van der Waals surface area contributed by atoms with Crippen LogP contribution < -0.4 is 11.4 Å². The number of aromatic nitrogens is 2. The maximum Gasteiger partial charge on any atom is 0.347 e. The van der Waals surface area contributed by atoms with Gasteiger partial charge in [0.05, 0.1) is 11.1 Å². The van der Waals surface area contributed by atoms with E-state index in [-0.39, 0.29) is 17.6 Å². The van der Waals surface area contributed by atoms with Crippen LogP contribution in [0.4, 0.5) is 0 Å². The summed E-state index contributed by atoms with van der Waals surface area (Å²) in [6.07, 6.45) is 0.513. The molecule has 0 aliphatic rings. The van der Waals surface area contributed by atoms with Gasteiger partial charge >= 0.3 is 5.97 Å². The lowest BCUT2D eigenvalue weighted by Gasteiger charge is -2.15. The summed E-state index contributed by atoms with van der Waals surface area (Å²) >= 11 is 6.86. The maximum absolute atomic E-state index is 12.5. The van der Waals surface area contributed by atoms with Gasteiger partial charge in [-0.05, 0) is 44.3 Å². The summed E-state index contributed by atoms with van der Waals surface area (Å²) in [5.41, 5.74) is 0.548. The van der Waals surface area contributed by atoms with E-state index in [0.717, 1.165) is 15.8 Å². The molecule has 1 aromatic carbocycles. The Labute approximate surface area is 171 Å². The number of hydrogen-bond donors (Lipinski definition) is 2. The number of nitrogen functional groups attached to an aromatic ring is 1. The summed E-state index contributed by atoms with van der Waals surface area (Å²) in [4.78, 5) is 28.9. The van der Waals surface area contributed by atoms with Crippen molar-refractivity contribution < 1.29 is 14.6 Å². The molecule has 0 radical (unpaired) electrons. The lowest BCUT2D eigenvalue weighted by Crippen LogP contribution is -2.33. The van der Waals surface area contributed by atoms with E-state index < -0.39 is 22.8 Å². The van der Waals surface area contributed by atoms with Gasteiger partial charge in [-0.1, -0.05) is 30.3 Å². The van der Waals surface area contributed by atoms with Crippen molar-refractivity contribution in [2.45, 2.75) is 13.3 Å². The molecule has 3 aromatic rings. The third-order valence-electron chi connectivity index (χ3n) is 3.99. The Balaban J connectivity index is 2.28. The van der Waals surface area contributed by atoms with Gasteiger partial charge in [0.25, 0.3) is 5.56 Å². The highest BCUT2D eigenvalue weighted by Crippen LogP contribution is 2.36. The fourth-order valence-electron chi connectivity index (χ4n) is 2.72. The minimum absolute atomic E-state index is 0.00992. The highest BCUT2D eigenvalue weighted by atomic mass is 79.9. The summed E-state index contributed by atoms with van der Waals surface area (Å²) in [5.74, 6) is 4.41. The van der Waals surface area contributed by atoms with Crippen LogP contribution in [0.3, 0.4) is 0 Å². The van der Waals surface area contributed by atoms with Gasteiger partial charge in [-0.3, -0.25) is 4.79 Å². The molecule has 0 aliphatic carbocycles. The summed E-state index contributed by atoms with van der Waals surface area (Å²) in [6, 6.07) is 9.67. The van der Waals surface area contributed by atoms with Gasteiger partial charge in [-0.25, -0.2) is 14.5 Å². The van der Waals surface area contributed by atoms with Crippen molar-refractivity contribution in [1.82, 2.24) is 9.66 Å². The van der Waals surface area contributed by atoms with E-state index in [9.17, 15) is 14.7 Å². The molecule has 7 nitrogen and oxygen atoms in total. The van der Waals surface area contributed by atoms with Crippen molar-refractivity contribution in [2.75, 3.05) is 12.4 Å². The molecule has 0 fully saturated rings. The fourth-order valence-corrected chi connectivity index (χ4v) is 4.21. The van der Waals surface area contributed by atoms with E-state index in [1.54, 1.807) is 6.92 Å². The van der Waals surface area contributed by atoms with E-state index in [1.165, 1.54) is 0 Å². The number of aromatic hydroxyl groups is 1. The number of carbonyl (C=O) groups is 1. The van der Waals surface area contributed by atoms with Crippen molar-refractivity contribution >= 4 is 48.9 Å². The van der Waals surface area contributed by atoms with Gasteiger partial charge in [-0.15, -0.1) is 0 Å². The van der Waals surface area contributed by atoms with E-state index in [0.29, 0.717) is 15.5 Å². The molecule has 0 bridgehead atoms. The van der Waals surface area contributed by atoms with Crippen LogP contribution in [0.15, 0.2) is 44.2 Å². The van der Waals surface area contributed by atoms with Gasteiger partial charge in [-0.2, -0.15) is 0 Å². The third kappa shape index (κ3) is 3.44. The minimum Gasteiger partial charge on any atom is -0.505 e. The van der Waals surface area contributed by atoms with Gasteiger partial charge in [0.1, 0.15) is 15.6 Å². The highest BCUT2D eigenvalue weighted by Gasteiger charge is 2.26. The second-order valence-electron chi connectivity index (χ2n) is 5.67. The average molecular weight is 497 g/mol. The van der Waals surface area contributed by atoms with Crippen LogP contribution >= 0.6 is 31.9 Å². The van der Waals surface area contributed by atoms with Crippen molar-refractivity contribution in [3.8, 4) is 5.75 Å². The molecule has 0 unspecified atom stereocenters. The summed E-state index contributed by atoms with van der Waals surface area (Å²) in [5, 5.41) is 10.5. The number of benzene rings is 1. The third-order valence-corrected chi connectivity index (χ3v) is 5.50. The normalized spacial score (nSPS) is 10.9. The average Bonchev–Trinajstić information content (AvgIpc) is 2.64. The van der Waals surface area contributed by atoms with Crippen molar-refractivity contribution in [3.05, 3.63) is 66.5 Å². The summed E-state index contributed by atoms with van der Waals surface area (Å²) < 4.78 is 6.58. The fraction of sp³-hybridized carbons (Fsp3) is 0.167. The van der Waals surface area contributed by atoms with E-state index in [4.69, 9.17) is 10.6 Å². The number of rotatable bonds is 4. The van der Waals surface area contributed by atoms with Gasteiger partial charge in [0, 0.05) is 12.0 Å². The Morgan fingerprint density at radius 1 is 1.30 bits per heavy atom. The predicted octanol–water partition coefficient (Wildman–Crippen LogP) is 3.11. The number of pyridine rings is 2. The lowest BCUT2D eigenvalue weighted by atomic mass is 10.1. The van der Waals surface area contributed by atoms with Crippen LogP contribution in [-0.4, -0.2) is 27.3 Å². The van der Waals surface area contributed by atoms with Gasteiger partial charge < -0.3 is 15.7 Å². The molecular formula is C18H15Br2N3O4. The number of hydrogen-bond acceptors (Lipinski definition) is 6. The first-order valence-electron chi connectivity index (χ1n) is 7.98.